The molecular weight excluding hydrogens is 323 g/mol. The lowest BCUT2D eigenvalue weighted by atomic mass is 10.3. The van der Waals surface area contributed by atoms with Crippen LogP contribution in [0.4, 0.5) is 20.6 Å². The molecule has 1 aromatic rings. The van der Waals surface area contributed by atoms with Crippen LogP contribution in [0.25, 0.3) is 0 Å². The summed E-state index contributed by atoms with van der Waals surface area (Å²) < 4.78 is 16.1. The quantitative estimate of drug-likeness (QED) is 0.501. The predicted molar refractivity (Wildman–Crippen MR) is 78.6 cm³/mol. The molecule has 1 aliphatic rings. The third-order valence-electron chi connectivity index (χ3n) is 2.81. The maximum Gasteiger partial charge on any atom is 0.316 e. The first-order valence-corrected chi connectivity index (χ1v) is 7.30. The molecule has 0 radical (unpaired) electrons. The number of anilines is 1. The molecule has 10 heteroatoms. The second-order valence-electron chi connectivity index (χ2n) is 4.28. The number of hydrazine groups is 1. The van der Waals surface area contributed by atoms with Crippen molar-refractivity contribution in [1.82, 2.24) is 10.4 Å². The number of nitrogens with one attached hydrogen (secondary N) is 2. The monoisotopic (exact) mass is 334 g/mol. The molecule has 21 heavy (non-hydrogen) atoms. The average Bonchev–Trinajstić information content (AvgIpc) is 2.46. The summed E-state index contributed by atoms with van der Waals surface area (Å²) in [5.41, 5.74) is 2.32. The highest BCUT2D eigenvalue weighted by Crippen LogP contribution is 2.31. The van der Waals surface area contributed by atoms with Crippen molar-refractivity contribution in [3.8, 4) is 0 Å². The van der Waals surface area contributed by atoms with Gasteiger partial charge in [0, 0.05) is 37.2 Å². The van der Waals surface area contributed by atoms with E-state index in [1.165, 1.54) is 5.01 Å². The van der Waals surface area contributed by atoms with E-state index in [9.17, 15) is 19.3 Å². The Kier molecular flexibility index (Phi) is 5.21. The van der Waals surface area contributed by atoms with Gasteiger partial charge in [-0.05, 0) is 12.8 Å². The van der Waals surface area contributed by atoms with Gasteiger partial charge in [-0.3, -0.25) is 19.9 Å². The van der Waals surface area contributed by atoms with E-state index in [-0.39, 0.29) is 15.9 Å². The van der Waals surface area contributed by atoms with Crippen molar-refractivity contribution < 1.29 is 14.1 Å². The van der Waals surface area contributed by atoms with Gasteiger partial charge in [0.25, 0.3) is 5.69 Å². The number of nitro benzene ring substituents is 1. The van der Waals surface area contributed by atoms with Gasteiger partial charge in [-0.2, -0.15) is 0 Å². The number of benzene rings is 1. The molecule has 0 atom stereocenters. The molecule has 2 N–H and O–H groups in total. The lowest BCUT2D eigenvalue weighted by Crippen LogP contribution is -2.45. The van der Waals surface area contributed by atoms with Crippen molar-refractivity contribution in [2.24, 2.45) is 0 Å². The van der Waals surface area contributed by atoms with Crippen LogP contribution in [0, 0.1) is 15.9 Å². The minimum atomic E-state index is -0.766. The largest absolute Gasteiger partial charge is 0.319 e. The number of amides is 1. The van der Waals surface area contributed by atoms with E-state index < -0.39 is 16.4 Å². The fraction of sp³-hybridized carbons (Fsp3) is 0.364. The Bertz CT molecular complexity index is 569. The summed E-state index contributed by atoms with van der Waals surface area (Å²) >= 11 is 6.22. The Morgan fingerprint density at radius 3 is 2.90 bits per heavy atom. The number of nitrogens with zero attached hydrogens (tertiary/aromatic N) is 2. The number of nitro groups is 1. The van der Waals surface area contributed by atoms with Gasteiger partial charge in [-0.15, -0.1) is 0 Å². The average molecular weight is 335 g/mol. The highest BCUT2D eigenvalue weighted by Gasteiger charge is 2.20. The summed E-state index contributed by atoms with van der Waals surface area (Å²) in [4.78, 5) is 21.9. The fourth-order valence-corrected chi connectivity index (χ4v) is 2.59. The van der Waals surface area contributed by atoms with Gasteiger partial charge in [0.15, 0.2) is 0 Å². The Hall–Kier alpha value is -1.58. The maximum absolute atomic E-state index is 13.7. The second-order valence-corrected chi connectivity index (χ2v) is 5.44. The van der Waals surface area contributed by atoms with Gasteiger partial charge in [0.05, 0.1) is 10.6 Å². The number of hydrogen-bond acceptors (Lipinski definition) is 6. The molecule has 1 fully saturated rings. The van der Waals surface area contributed by atoms with Crippen molar-refractivity contribution >= 4 is 40.2 Å². The Balaban J connectivity index is 2.04. The fourth-order valence-electron chi connectivity index (χ4n) is 1.75. The number of hydrogen-bond donors (Lipinski definition) is 2. The van der Waals surface area contributed by atoms with Crippen LogP contribution in [0.5, 0.6) is 0 Å². The minimum absolute atomic E-state index is 0.165. The molecule has 0 bridgehead atoms. The zero-order chi connectivity index (χ0) is 15.4. The van der Waals surface area contributed by atoms with E-state index in [0.717, 1.165) is 25.0 Å². The van der Waals surface area contributed by atoms with Gasteiger partial charge in [0.2, 0.25) is 0 Å². The molecule has 2 rings (SSSR count). The molecule has 0 spiro atoms. The smallest absolute Gasteiger partial charge is 0.316 e. The first-order valence-electron chi connectivity index (χ1n) is 6.10. The summed E-state index contributed by atoms with van der Waals surface area (Å²) in [7, 11) is 0. The van der Waals surface area contributed by atoms with Crippen LogP contribution in [-0.4, -0.2) is 28.3 Å². The van der Waals surface area contributed by atoms with Crippen LogP contribution in [0.1, 0.15) is 12.8 Å². The van der Waals surface area contributed by atoms with E-state index in [0.29, 0.717) is 25.0 Å². The molecular formula is C11H12ClFN4O3S. The van der Waals surface area contributed by atoms with Crippen LogP contribution in [0.3, 0.4) is 0 Å². The zero-order valence-corrected chi connectivity index (χ0v) is 12.3. The van der Waals surface area contributed by atoms with Gasteiger partial charge in [-0.1, -0.05) is 11.6 Å². The van der Waals surface area contributed by atoms with Crippen molar-refractivity contribution in [3.05, 3.63) is 33.1 Å². The van der Waals surface area contributed by atoms with Gasteiger partial charge >= 0.3 is 5.24 Å². The molecule has 0 unspecified atom stereocenters. The molecule has 114 valence electrons. The first kappa shape index (κ1) is 15.8. The van der Waals surface area contributed by atoms with Crippen LogP contribution < -0.4 is 10.1 Å². The van der Waals surface area contributed by atoms with E-state index >= 15 is 0 Å². The first-order chi connectivity index (χ1) is 9.99. The van der Waals surface area contributed by atoms with Gasteiger partial charge in [0.1, 0.15) is 10.8 Å². The molecule has 1 amide bonds. The van der Waals surface area contributed by atoms with Crippen LogP contribution in [0.2, 0.25) is 5.02 Å². The van der Waals surface area contributed by atoms with Crippen molar-refractivity contribution in [1.29, 1.82) is 0 Å². The van der Waals surface area contributed by atoms with E-state index in [4.69, 9.17) is 11.6 Å². The molecule has 7 nitrogen and oxygen atoms in total. The van der Waals surface area contributed by atoms with E-state index in [1.54, 1.807) is 0 Å². The summed E-state index contributed by atoms with van der Waals surface area (Å²) in [5.74, 6) is -0.766. The number of carbonyl (C=O) groups excluding carboxylic acids is 1. The minimum Gasteiger partial charge on any atom is -0.319 e. The molecule has 1 aromatic carbocycles. The molecule has 1 heterocycles. The maximum atomic E-state index is 13.7. The molecule has 0 aliphatic carbocycles. The third kappa shape index (κ3) is 3.96. The van der Waals surface area contributed by atoms with Gasteiger partial charge in [-0.25, -0.2) is 9.82 Å². The number of halogens is 2. The normalized spacial score (nSPS) is 14.9. The Morgan fingerprint density at radius 2 is 2.29 bits per heavy atom. The second kappa shape index (κ2) is 6.92. The lowest BCUT2D eigenvalue weighted by molar-refractivity contribution is -0.384. The standard InChI is InChI=1S/C11H12ClFN4O3S/c12-7-5-8(13)9(6-10(7)17(19)20)15-21-11(18)16-4-2-1-3-14-16/h5-6,14-15H,1-4H2. The summed E-state index contributed by atoms with van der Waals surface area (Å²) in [6.07, 6.45) is 1.87. The number of carbonyl (C=O) groups is 1. The highest BCUT2D eigenvalue weighted by molar-refractivity contribution is 8.14. The Morgan fingerprint density at radius 1 is 1.52 bits per heavy atom. The molecule has 0 saturated carbocycles. The summed E-state index contributed by atoms with van der Waals surface area (Å²) in [6.45, 7) is 1.27. The van der Waals surface area contributed by atoms with Crippen molar-refractivity contribution in [2.75, 3.05) is 17.8 Å². The van der Waals surface area contributed by atoms with Crippen LogP contribution in [-0.2, 0) is 0 Å². The lowest BCUT2D eigenvalue weighted by Gasteiger charge is -2.26. The SMILES string of the molecule is O=C(SNc1cc([N+](=O)[O-])c(Cl)cc1F)N1CCCCN1. The summed E-state index contributed by atoms with van der Waals surface area (Å²) in [6, 6.07) is 1.80. The Labute approximate surface area is 129 Å². The molecule has 0 aromatic heterocycles. The molecule has 1 aliphatic heterocycles. The zero-order valence-electron chi connectivity index (χ0n) is 10.8. The van der Waals surface area contributed by atoms with E-state index in [2.05, 4.69) is 10.1 Å². The van der Waals surface area contributed by atoms with Crippen LogP contribution in [0.15, 0.2) is 12.1 Å². The van der Waals surface area contributed by atoms with Gasteiger partial charge < -0.3 is 4.72 Å². The molecule has 1 saturated heterocycles. The number of rotatable bonds is 3. The topological polar surface area (TPSA) is 87.5 Å². The van der Waals surface area contributed by atoms with E-state index in [1.807, 2.05) is 0 Å². The van der Waals surface area contributed by atoms with Crippen molar-refractivity contribution in [2.45, 2.75) is 12.8 Å². The third-order valence-corrected chi connectivity index (χ3v) is 3.83. The van der Waals surface area contributed by atoms with Crippen molar-refractivity contribution in [3.63, 3.8) is 0 Å². The highest BCUT2D eigenvalue weighted by atomic mass is 35.5. The predicted octanol–water partition coefficient (Wildman–Crippen LogP) is 3.17. The van der Waals surface area contributed by atoms with Crippen LogP contribution >= 0.6 is 23.5 Å². The summed E-state index contributed by atoms with van der Waals surface area (Å²) in [5, 5.41) is 11.5.